The Morgan fingerprint density at radius 1 is 1.24 bits per heavy atom. The third-order valence-electron chi connectivity index (χ3n) is 3.44. The molecule has 0 aliphatic rings. The zero-order chi connectivity index (χ0) is 18.2. The van der Waals surface area contributed by atoms with E-state index in [0.29, 0.717) is 23.7 Å². The second-order valence-electron chi connectivity index (χ2n) is 5.42. The van der Waals surface area contributed by atoms with E-state index in [1.54, 1.807) is 11.7 Å². The number of methoxy groups -OCH3 is 1. The summed E-state index contributed by atoms with van der Waals surface area (Å²) in [6.07, 6.45) is 0. The average molecular weight is 363 g/mol. The largest absolute Gasteiger partial charge is 0.383 e. The van der Waals surface area contributed by atoms with Crippen LogP contribution in [0, 0.1) is 11.7 Å². The van der Waals surface area contributed by atoms with Crippen molar-refractivity contribution in [3.05, 3.63) is 34.6 Å². The molecule has 0 fully saturated rings. The fraction of sp³-hybridized carbons (Fsp3) is 0.375. The first-order chi connectivity index (χ1) is 12.0. The predicted molar refractivity (Wildman–Crippen MR) is 95.5 cm³/mol. The number of rotatable bonds is 8. The highest BCUT2D eigenvalue weighted by atomic mass is 32.1. The lowest BCUT2D eigenvalue weighted by atomic mass is 10.1. The highest BCUT2D eigenvalue weighted by molar-refractivity contribution is 7.71. The SMILES string of the molecule is COCCNC(=O)CNC(=O)Cn1c(-c2ccc(C)cc2)n[nH]c1=S. The summed E-state index contributed by atoms with van der Waals surface area (Å²) in [6.45, 7) is 2.68. The number of hydrogen-bond donors (Lipinski definition) is 3. The van der Waals surface area contributed by atoms with Crippen molar-refractivity contribution in [2.45, 2.75) is 13.5 Å². The van der Waals surface area contributed by atoms with Gasteiger partial charge in [-0.15, -0.1) is 0 Å². The highest BCUT2D eigenvalue weighted by Crippen LogP contribution is 2.17. The van der Waals surface area contributed by atoms with Gasteiger partial charge in [-0.25, -0.2) is 0 Å². The third-order valence-corrected chi connectivity index (χ3v) is 3.76. The summed E-state index contributed by atoms with van der Waals surface area (Å²) in [5, 5.41) is 12.1. The summed E-state index contributed by atoms with van der Waals surface area (Å²) in [7, 11) is 1.55. The molecule has 3 N–H and O–H groups in total. The molecule has 2 rings (SSSR count). The first kappa shape index (κ1) is 18.8. The number of nitrogens with zero attached hydrogens (tertiary/aromatic N) is 2. The van der Waals surface area contributed by atoms with E-state index in [9.17, 15) is 9.59 Å². The van der Waals surface area contributed by atoms with Crippen LogP contribution in [0.15, 0.2) is 24.3 Å². The molecule has 1 heterocycles. The number of aromatic nitrogens is 3. The summed E-state index contributed by atoms with van der Waals surface area (Å²) in [5.74, 6) is -0.0302. The van der Waals surface area contributed by atoms with Gasteiger partial charge in [0, 0.05) is 19.2 Å². The van der Waals surface area contributed by atoms with Crippen LogP contribution in [0.2, 0.25) is 0 Å². The Kier molecular flexibility index (Phi) is 6.84. The van der Waals surface area contributed by atoms with Crippen molar-refractivity contribution in [1.82, 2.24) is 25.4 Å². The van der Waals surface area contributed by atoms with Gasteiger partial charge in [0.15, 0.2) is 10.6 Å². The van der Waals surface area contributed by atoms with Gasteiger partial charge in [-0.1, -0.05) is 29.8 Å². The van der Waals surface area contributed by atoms with Crippen molar-refractivity contribution in [2.75, 3.05) is 26.8 Å². The number of nitrogens with one attached hydrogen (secondary N) is 3. The van der Waals surface area contributed by atoms with E-state index in [4.69, 9.17) is 17.0 Å². The average Bonchev–Trinajstić information content (AvgIpc) is 2.95. The van der Waals surface area contributed by atoms with Crippen LogP contribution in [-0.2, 0) is 20.9 Å². The van der Waals surface area contributed by atoms with Crippen LogP contribution in [0.4, 0.5) is 0 Å². The fourth-order valence-corrected chi connectivity index (χ4v) is 2.32. The maximum atomic E-state index is 12.1. The van der Waals surface area contributed by atoms with Crippen molar-refractivity contribution in [2.24, 2.45) is 0 Å². The van der Waals surface area contributed by atoms with Crippen LogP contribution in [0.3, 0.4) is 0 Å². The Bertz CT molecular complexity index is 782. The quantitative estimate of drug-likeness (QED) is 0.476. The van der Waals surface area contributed by atoms with Crippen LogP contribution in [0.25, 0.3) is 11.4 Å². The van der Waals surface area contributed by atoms with Crippen molar-refractivity contribution < 1.29 is 14.3 Å². The van der Waals surface area contributed by atoms with Gasteiger partial charge >= 0.3 is 0 Å². The van der Waals surface area contributed by atoms with Crippen molar-refractivity contribution in [3.8, 4) is 11.4 Å². The molecule has 9 heteroatoms. The van der Waals surface area contributed by atoms with Gasteiger partial charge in [0.25, 0.3) is 0 Å². The Morgan fingerprint density at radius 3 is 2.64 bits per heavy atom. The molecule has 2 amide bonds. The molecule has 2 aromatic rings. The number of aryl methyl sites for hydroxylation is 1. The zero-order valence-corrected chi connectivity index (χ0v) is 15.0. The smallest absolute Gasteiger partial charge is 0.240 e. The van der Waals surface area contributed by atoms with Gasteiger partial charge in [0.1, 0.15) is 6.54 Å². The lowest BCUT2D eigenvalue weighted by Gasteiger charge is -2.09. The summed E-state index contributed by atoms with van der Waals surface area (Å²) in [5.41, 5.74) is 1.98. The first-order valence-electron chi connectivity index (χ1n) is 7.76. The standard InChI is InChI=1S/C16H21N5O3S/c1-11-3-5-12(6-4-11)15-19-20-16(25)21(15)10-14(23)18-9-13(22)17-7-8-24-2/h3-6H,7-10H2,1-2H3,(H,17,22)(H,18,23)(H,20,25). The lowest BCUT2D eigenvalue weighted by molar-refractivity contribution is -0.126. The minimum atomic E-state index is -0.326. The Hall–Kier alpha value is -2.52. The Labute approximate surface area is 150 Å². The minimum Gasteiger partial charge on any atom is -0.383 e. The van der Waals surface area contributed by atoms with E-state index in [1.807, 2.05) is 31.2 Å². The van der Waals surface area contributed by atoms with Gasteiger partial charge in [-0.05, 0) is 19.1 Å². The van der Waals surface area contributed by atoms with Gasteiger partial charge in [-0.3, -0.25) is 19.3 Å². The third kappa shape index (κ3) is 5.50. The summed E-state index contributed by atoms with van der Waals surface area (Å²) >= 11 is 5.20. The van der Waals surface area contributed by atoms with E-state index >= 15 is 0 Å². The van der Waals surface area contributed by atoms with Crippen molar-refractivity contribution in [1.29, 1.82) is 0 Å². The van der Waals surface area contributed by atoms with Crippen LogP contribution in [0.1, 0.15) is 5.56 Å². The van der Waals surface area contributed by atoms with Crippen LogP contribution in [0.5, 0.6) is 0 Å². The molecule has 0 spiro atoms. The molecule has 0 aliphatic carbocycles. The number of carbonyl (C=O) groups is 2. The summed E-state index contributed by atoms with van der Waals surface area (Å²) < 4.78 is 6.77. The second-order valence-corrected chi connectivity index (χ2v) is 5.81. The first-order valence-corrected chi connectivity index (χ1v) is 8.16. The molecule has 0 saturated heterocycles. The number of amides is 2. The molecule has 1 aromatic carbocycles. The molecule has 0 radical (unpaired) electrons. The second kappa shape index (κ2) is 9.09. The number of benzene rings is 1. The van der Waals surface area contributed by atoms with Crippen LogP contribution >= 0.6 is 12.2 Å². The van der Waals surface area contributed by atoms with Gasteiger partial charge in [0.2, 0.25) is 11.8 Å². The summed E-state index contributed by atoms with van der Waals surface area (Å²) in [6, 6.07) is 7.75. The normalized spacial score (nSPS) is 10.5. The van der Waals surface area contributed by atoms with E-state index < -0.39 is 0 Å². The molecule has 1 aromatic heterocycles. The van der Waals surface area contributed by atoms with Gasteiger partial charge in [0.05, 0.1) is 13.2 Å². The highest BCUT2D eigenvalue weighted by Gasteiger charge is 2.13. The Morgan fingerprint density at radius 2 is 1.96 bits per heavy atom. The van der Waals surface area contributed by atoms with E-state index in [0.717, 1.165) is 11.1 Å². The molecular formula is C16H21N5O3S. The van der Waals surface area contributed by atoms with E-state index in [1.165, 1.54) is 0 Å². The van der Waals surface area contributed by atoms with Crippen molar-refractivity contribution >= 4 is 24.0 Å². The zero-order valence-electron chi connectivity index (χ0n) is 14.2. The topological polar surface area (TPSA) is 101 Å². The molecule has 0 atom stereocenters. The van der Waals surface area contributed by atoms with Crippen LogP contribution < -0.4 is 10.6 Å². The van der Waals surface area contributed by atoms with E-state index in [-0.39, 0.29) is 24.9 Å². The monoisotopic (exact) mass is 363 g/mol. The van der Waals surface area contributed by atoms with Gasteiger partial charge < -0.3 is 15.4 Å². The fourth-order valence-electron chi connectivity index (χ4n) is 2.12. The molecule has 0 aliphatic heterocycles. The number of aromatic amines is 1. The maximum Gasteiger partial charge on any atom is 0.240 e. The molecule has 25 heavy (non-hydrogen) atoms. The van der Waals surface area contributed by atoms with E-state index in [2.05, 4.69) is 20.8 Å². The Balaban J connectivity index is 1.97. The molecule has 0 saturated carbocycles. The number of hydrogen-bond acceptors (Lipinski definition) is 5. The lowest BCUT2D eigenvalue weighted by Crippen LogP contribution is -2.39. The molecule has 8 nitrogen and oxygen atoms in total. The van der Waals surface area contributed by atoms with Gasteiger partial charge in [-0.2, -0.15) is 5.10 Å². The predicted octanol–water partition coefficient (Wildman–Crippen LogP) is 0.795. The van der Waals surface area contributed by atoms with Crippen LogP contribution in [-0.4, -0.2) is 53.4 Å². The maximum absolute atomic E-state index is 12.1. The molecular weight excluding hydrogens is 342 g/mol. The minimum absolute atomic E-state index is 0.0239. The molecule has 134 valence electrons. The molecule has 0 bridgehead atoms. The number of H-pyrrole nitrogens is 1. The van der Waals surface area contributed by atoms with Crippen molar-refractivity contribution in [3.63, 3.8) is 0 Å². The number of ether oxygens (including phenoxy) is 1. The number of carbonyl (C=O) groups excluding carboxylic acids is 2. The summed E-state index contributed by atoms with van der Waals surface area (Å²) in [4.78, 5) is 23.7. The molecule has 0 unspecified atom stereocenters.